The molecule has 2 fully saturated rings. The predicted molar refractivity (Wildman–Crippen MR) is 94.4 cm³/mol. The normalized spacial score (nSPS) is 21.3. The highest BCUT2D eigenvalue weighted by Gasteiger charge is 2.45. The number of carbonyl (C=O) groups is 1. The van der Waals surface area contributed by atoms with Crippen LogP contribution in [0.1, 0.15) is 31.2 Å². The molecule has 1 aliphatic carbocycles. The fraction of sp³-hybridized carbons (Fsp3) is 0.588. The zero-order chi connectivity index (χ0) is 18.1. The van der Waals surface area contributed by atoms with E-state index in [1.165, 1.54) is 4.31 Å². The molecule has 1 aromatic carbocycles. The van der Waals surface area contributed by atoms with Crippen LogP contribution in [0.4, 0.5) is 0 Å². The second-order valence-electron chi connectivity index (χ2n) is 6.75. The van der Waals surface area contributed by atoms with E-state index in [2.05, 4.69) is 0 Å². The summed E-state index contributed by atoms with van der Waals surface area (Å²) >= 11 is 0. The summed E-state index contributed by atoms with van der Waals surface area (Å²) < 4.78 is 29.3. The number of hydrogen-bond acceptors (Lipinski definition) is 4. The van der Waals surface area contributed by atoms with E-state index in [-0.39, 0.29) is 19.0 Å². The number of methoxy groups -OCH3 is 1. The molecular formula is C17H25N3O4S. The Labute approximate surface area is 148 Å². The topological polar surface area (TPSA) is 92.9 Å². The Bertz CT molecular complexity index is 719. The van der Waals surface area contributed by atoms with Gasteiger partial charge in [0, 0.05) is 26.2 Å². The smallest absolute Gasteiger partial charge is 0.277 e. The molecule has 0 spiro atoms. The fourth-order valence-corrected chi connectivity index (χ4v) is 4.64. The van der Waals surface area contributed by atoms with Crippen molar-refractivity contribution in [1.82, 2.24) is 9.21 Å². The average molecular weight is 367 g/mol. The van der Waals surface area contributed by atoms with Crippen LogP contribution in [0, 0.1) is 0 Å². The quantitative estimate of drug-likeness (QED) is 0.854. The molecule has 7 nitrogen and oxygen atoms in total. The van der Waals surface area contributed by atoms with Gasteiger partial charge in [-0.2, -0.15) is 12.7 Å². The van der Waals surface area contributed by atoms with Crippen molar-refractivity contribution < 1.29 is 17.9 Å². The number of amides is 1. The van der Waals surface area contributed by atoms with Gasteiger partial charge >= 0.3 is 0 Å². The third-order valence-electron chi connectivity index (χ3n) is 5.39. The summed E-state index contributed by atoms with van der Waals surface area (Å²) in [5.74, 6) is 0.871. The zero-order valence-corrected chi connectivity index (χ0v) is 15.3. The van der Waals surface area contributed by atoms with Crippen LogP contribution in [-0.2, 0) is 20.4 Å². The van der Waals surface area contributed by atoms with Crippen LogP contribution in [0.15, 0.2) is 24.3 Å². The molecule has 138 valence electrons. The van der Waals surface area contributed by atoms with Crippen LogP contribution in [0.2, 0.25) is 0 Å². The summed E-state index contributed by atoms with van der Waals surface area (Å²) in [6, 6.07) is 7.73. The van der Waals surface area contributed by atoms with Gasteiger partial charge in [-0.1, -0.05) is 25.0 Å². The summed E-state index contributed by atoms with van der Waals surface area (Å²) in [6.07, 6.45) is 3.70. The molecule has 25 heavy (non-hydrogen) atoms. The van der Waals surface area contributed by atoms with Gasteiger partial charge < -0.3 is 9.64 Å². The Morgan fingerprint density at radius 2 is 1.64 bits per heavy atom. The number of ether oxygens (including phenoxy) is 1. The van der Waals surface area contributed by atoms with Gasteiger partial charge in [0.25, 0.3) is 10.2 Å². The minimum atomic E-state index is -3.69. The summed E-state index contributed by atoms with van der Waals surface area (Å²) in [5, 5.41) is 5.18. The largest absolute Gasteiger partial charge is 0.497 e. The lowest BCUT2D eigenvalue weighted by Gasteiger charge is -2.39. The molecule has 2 N–H and O–H groups in total. The lowest BCUT2D eigenvalue weighted by molar-refractivity contribution is -0.138. The van der Waals surface area contributed by atoms with Crippen molar-refractivity contribution in [2.45, 2.75) is 31.1 Å². The lowest BCUT2D eigenvalue weighted by atomic mass is 9.77. The Morgan fingerprint density at radius 3 is 2.12 bits per heavy atom. The van der Waals surface area contributed by atoms with E-state index in [1.807, 2.05) is 24.3 Å². The molecule has 0 bridgehead atoms. The number of piperazine rings is 1. The number of nitrogens with zero attached hydrogens (tertiary/aromatic N) is 2. The minimum Gasteiger partial charge on any atom is -0.497 e. The van der Waals surface area contributed by atoms with Gasteiger partial charge in [-0.25, -0.2) is 5.14 Å². The van der Waals surface area contributed by atoms with Gasteiger partial charge in [0.1, 0.15) is 5.75 Å². The van der Waals surface area contributed by atoms with Crippen LogP contribution >= 0.6 is 0 Å². The van der Waals surface area contributed by atoms with Crippen LogP contribution in [0.25, 0.3) is 0 Å². The van der Waals surface area contributed by atoms with E-state index in [0.717, 1.165) is 37.0 Å². The highest BCUT2D eigenvalue weighted by molar-refractivity contribution is 7.86. The summed E-state index contributed by atoms with van der Waals surface area (Å²) in [4.78, 5) is 15.1. The van der Waals surface area contributed by atoms with Crippen molar-refractivity contribution in [3.63, 3.8) is 0 Å². The summed E-state index contributed by atoms with van der Waals surface area (Å²) in [5.41, 5.74) is 0.514. The van der Waals surface area contributed by atoms with Crippen molar-refractivity contribution in [3.8, 4) is 5.75 Å². The molecule has 0 atom stereocenters. The first-order valence-electron chi connectivity index (χ1n) is 8.59. The van der Waals surface area contributed by atoms with Gasteiger partial charge in [-0.3, -0.25) is 4.79 Å². The molecule has 1 saturated carbocycles. The third-order valence-corrected chi connectivity index (χ3v) is 6.48. The maximum atomic E-state index is 13.3. The summed E-state index contributed by atoms with van der Waals surface area (Å²) in [6.45, 7) is 1.27. The lowest BCUT2D eigenvalue weighted by Crippen LogP contribution is -2.56. The molecule has 1 aliphatic heterocycles. The zero-order valence-electron chi connectivity index (χ0n) is 14.5. The van der Waals surface area contributed by atoms with Crippen LogP contribution in [0.5, 0.6) is 5.75 Å². The molecule has 0 unspecified atom stereocenters. The molecule has 2 aliphatic rings. The Kier molecular flexibility index (Phi) is 5.04. The van der Waals surface area contributed by atoms with Crippen molar-refractivity contribution in [2.24, 2.45) is 5.14 Å². The Hall–Kier alpha value is -1.64. The summed E-state index contributed by atoms with van der Waals surface area (Å²) in [7, 11) is -2.07. The molecular weight excluding hydrogens is 342 g/mol. The first-order valence-corrected chi connectivity index (χ1v) is 10.1. The maximum absolute atomic E-state index is 13.3. The van der Waals surface area contributed by atoms with Crippen molar-refractivity contribution in [3.05, 3.63) is 29.8 Å². The van der Waals surface area contributed by atoms with E-state index in [0.29, 0.717) is 13.1 Å². The number of benzene rings is 1. The molecule has 1 amide bonds. The fourth-order valence-electron chi connectivity index (χ4n) is 3.96. The van der Waals surface area contributed by atoms with E-state index < -0.39 is 15.6 Å². The highest BCUT2D eigenvalue weighted by Crippen LogP contribution is 2.43. The molecule has 3 rings (SSSR count). The Morgan fingerprint density at radius 1 is 1.08 bits per heavy atom. The number of rotatable bonds is 4. The first kappa shape index (κ1) is 18.2. The van der Waals surface area contributed by atoms with E-state index in [9.17, 15) is 13.2 Å². The van der Waals surface area contributed by atoms with Gasteiger partial charge in [0.05, 0.1) is 12.5 Å². The van der Waals surface area contributed by atoms with Gasteiger partial charge in [-0.15, -0.1) is 0 Å². The van der Waals surface area contributed by atoms with Gasteiger partial charge in [0.15, 0.2) is 0 Å². The third kappa shape index (κ3) is 3.51. The van der Waals surface area contributed by atoms with Gasteiger partial charge in [0.2, 0.25) is 5.91 Å². The molecule has 8 heteroatoms. The molecule has 1 aromatic rings. The minimum absolute atomic E-state index is 0.101. The Balaban J connectivity index is 1.80. The van der Waals surface area contributed by atoms with Crippen molar-refractivity contribution >= 4 is 16.1 Å². The first-order chi connectivity index (χ1) is 11.9. The monoisotopic (exact) mass is 367 g/mol. The van der Waals surface area contributed by atoms with Crippen LogP contribution in [0.3, 0.4) is 0 Å². The number of carbonyl (C=O) groups excluding carboxylic acids is 1. The van der Waals surface area contributed by atoms with Crippen molar-refractivity contribution in [1.29, 1.82) is 0 Å². The second-order valence-corrected chi connectivity index (χ2v) is 8.30. The van der Waals surface area contributed by atoms with Gasteiger partial charge in [-0.05, 0) is 30.5 Å². The second kappa shape index (κ2) is 6.93. The number of hydrogen-bond donors (Lipinski definition) is 1. The van der Waals surface area contributed by atoms with Crippen molar-refractivity contribution in [2.75, 3.05) is 33.3 Å². The molecule has 0 radical (unpaired) electrons. The molecule has 1 saturated heterocycles. The molecule has 0 aromatic heterocycles. The van der Waals surface area contributed by atoms with E-state index >= 15 is 0 Å². The maximum Gasteiger partial charge on any atom is 0.277 e. The molecule has 1 heterocycles. The van der Waals surface area contributed by atoms with E-state index in [4.69, 9.17) is 9.88 Å². The standard InChI is InChI=1S/C17H25N3O4S/c1-24-15-6-4-14(5-7-15)17(8-2-3-9-17)16(21)19-10-12-20(13-11-19)25(18,22)23/h4-7H,2-3,8-13H2,1H3,(H2,18,22,23). The average Bonchev–Trinajstić information content (AvgIpc) is 3.11. The van der Waals surface area contributed by atoms with Crippen LogP contribution < -0.4 is 9.88 Å². The SMILES string of the molecule is COc1ccc(C2(C(=O)N3CCN(S(N)(=O)=O)CC3)CCCC2)cc1. The van der Waals surface area contributed by atoms with Crippen LogP contribution in [-0.4, -0.2) is 56.8 Å². The van der Waals surface area contributed by atoms with E-state index in [1.54, 1.807) is 12.0 Å². The number of nitrogens with two attached hydrogens (primary N) is 1. The predicted octanol–water partition coefficient (Wildman–Crippen LogP) is 0.855. The highest BCUT2D eigenvalue weighted by atomic mass is 32.2.